The van der Waals surface area contributed by atoms with Gasteiger partial charge < -0.3 is 14.7 Å². The number of amides is 1. The zero-order chi connectivity index (χ0) is 17.9. The first kappa shape index (κ1) is 19.1. The topological polar surface area (TPSA) is 49.8 Å². The molecule has 2 rings (SSSR count). The Hall–Kier alpha value is -1.23. The Morgan fingerprint density at radius 3 is 2.75 bits per heavy atom. The predicted octanol–water partition coefficient (Wildman–Crippen LogP) is 5.33. The third kappa shape index (κ3) is 4.44. The standard InChI is InChI=1S/C19H28BrNO3/c1-13-15(20)8-5-9-16(13)24-12-10-14-7-6-11-21(18(22)23)17(14)19(2,3)4/h5,8-9,14,17H,6-7,10-12H2,1-4H3,(H,22,23)/t14?,17-/m1/s1. The number of rotatable bonds is 4. The second kappa shape index (κ2) is 7.77. The van der Waals surface area contributed by atoms with Crippen LogP contribution in [-0.2, 0) is 0 Å². The summed E-state index contributed by atoms with van der Waals surface area (Å²) in [6.07, 6.45) is 2.06. The summed E-state index contributed by atoms with van der Waals surface area (Å²) in [6.45, 7) is 9.67. The maximum Gasteiger partial charge on any atom is 0.407 e. The highest BCUT2D eigenvalue weighted by molar-refractivity contribution is 9.10. The van der Waals surface area contributed by atoms with Gasteiger partial charge in [0.2, 0.25) is 0 Å². The van der Waals surface area contributed by atoms with Gasteiger partial charge in [-0.3, -0.25) is 0 Å². The number of halogens is 1. The lowest BCUT2D eigenvalue weighted by Crippen LogP contribution is -2.54. The second-order valence-corrected chi connectivity index (χ2v) is 8.54. The zero-order valence-corrected chi connectivity index (χ0v) is 16.6. The third-order valence-corrected chi connectivity index (χ3v) is 5.71. The monoisotopic (exact) mass is 397 g/mol. The Balaban J connectivity index is 2.04. The maximum absolute atomic E-state index is 11.6. The molecular weight excluding hydrogens is 370 g/mol. The number of nitrogens with zero attached hydrogens (tertiary/aromatic N) is 1. The zero-order valence-electron chi connectivity index (χ0n) is 15.0. The summed E-state index contributed by atoms with van der Waals surface area (Å²) in [6, 6.07) is 5.99. The average molecular weight is 398 g/mol. The highest BCUT2D eigenvalue weighted by Crippen LogP contribution is 2.38. The number of hydrogen-bond donors (Lipinski definition) is 1. The van der Waals surface area contributed by atoms with Gasteiger partial charge in [-0.25, -0.2) is 4.79 Å². The van der Waals surface area contributed by atoms with Gasteiger partial charge in [-0.2, -0.15) is 0 Å². The molecule has 0 bridgehead atoms. The highest BCUT2D eigenvalue weighted by atomic mass is 79.9. The first-order chi connectivity index (χ1) is 11.2. The van der Waals surface area contributed by atoms with E-state index in [4.69, 9.17) is 4.74 Å². The van der Waals surface area contributed by atoms with Crippen molar-refractivity contribution >= 4 is 22.0 Å². The fraction of sp³-hybridized carbons (Fsp3) is 0.632. The number of likely N-dealkylation sites (tertiary alicyclic amines) is 1. The molecule has 1 unspecified atom stereocenters. The largest absolute Gasteiger partial charge is 0.493 e. The van der Waals surface area contributed by atoms with E-state index in [0.29, 0.717) is 19.1 Å². The van der Waals surface area contributed by atoms with Crippen LogP contribution in [0.4, 0.5) is 4.79 Å². The Kier molecular flexibility index (Phi) is 6.18. The summed E-state index contributed by atoms with van der Waals surface area (Å²) < 4.78 is 7.02. The molecule has 0 aliphatic carbocycles. The summed E-state index contributed by atoms with van der Waals surface area (Å²) in [7, 11) is 0. The lowest BCUT2D eigenvalue weighted by molar-refractivity contribution is 0.0159. The molecule has 134 valence electrons. The van der Waals surface area contributed by atoms with Gasteiger partial charge >= 0.3 is 6.09 Å². The average Bonchev–Trinajstić information content (AvgIpc) is 2.50. The van der Waals surface area contributed by atoms with Crippen LogP contribution in [0.15, 0.2) is 22.7 Å². The quantitative estimate of drug-likeness (QED) is 0.746. The second-order valence-electron chi connectivity index (χ2n) is 7.69. The van der Waals surface area contributed by atoms with E-state index in [1.54, 1.807) is 4.90 Å². The van der Waals surface area contributed by atoms with E-state index in [2.05, 4.69) is 36.7 Å². The van der Waals surface area contributed by atoms with Crippen LogP contribution < -0.4 is 4.74 Å². The van der Waals surface area contributed by atoms with E-state index in [-0.39, 0.29) is 11.5 Å². The number of carbonyl (C=O) groups is 1. The van der Waals surface area contributed by atoms with Gasteiger partial charge in [0.15, 0.2) is 0 Å². The van der Waals surface area contributed by atoms with Gasteiger partial charge in [0.1, 0.15) is 5.75 Å². The van der Waals surface area contributed by atoms with Crippen molar-refractivity contribution < 1.29 is 14.6 Å². The Morgan fingerprint density at radius 2 is 2.12 bits per heavy atom. The minimum absolute atomic E-state index is 0.0379. The Bertz CT molecular complexity index is 582. The predicted molar refractivity (Wildman–Crippen MR) is 99.7 cm³/mol. The molecule has 1 aliphatic heterocycles. The van der Waals surface area contributed by atoms with Crippen LogP contribution in [0.5, 0.6) is 5.75 Å². The summed E-state index contributed by atoms with van der Waals surface area (Å²) >= 11 is 3.52. The Morgan fingerprint density at radius 1 is 1.42 bits per heavy atom. The van der Waals surface area contributed by atoms with Crippen LogP contribution in [0, 0.1) is 18.3 Å². The number of benzene rings is 1. The molecule has 1 N–H and O–H groups in total. The first-order valence-corrected chi connectivity index (χ1v) is 9.38. The van der Waals surface area contributed by atoms with Crippen molar-refractivity contribution in [3.8, 4) is 5.75 Å². The summed E-state index contributed by atoms with van der Waals surface area (Å²) in [5, 5.41) is 9.55. The van der Waals surface area contributed by atoms with Crippen LogP contribution in [-0.4, -0.2) is 35.3 Å². The molecule has 1 fully saturated rings. The van der Waals surface area contributed by atoms with Crippen molar-refractivity contribution in [2.75, 3.05) is 13.2 Å². The molecule has 0 spiro atoms. The summed E-state index contributed by atoms with van der Waals surface area (Å²) in [5.41, 5.74) is 1.02. The van der Waals surface area contributed by atoms with Crippen molar-refractivity contribution in [2.45, 2.75) is 53.0 Å². The van der Waals surface area contributed by atoms with E-state index in [0.717, 1.165) is 35.0 Å². The van der Waals surface area contributed by atoms with Gasteiger partial charge in [0, 0.05) is 22.6 Å². The van der Waals surface area contributed by atoms with Gasteiger partial charge in [-0.05, 0) is 49.7 Å². The third-order valence-electron chi connectivity index (χ3n) is 4.85. The lowest BCUT2D eigenvalue weighted by atomic mass is 9.73. The molecule has 5 heteroatoms. The van der Waals surface area contributed by atoms with Crippen LogP contribution in [0.25, 0.3) is 0 Å². The van der Waals surface area contributed by atoms with E-state index < -0.39 is 6.09 Å². The molecule has 1 aliphatic rings. The van der Waals surface area contributed by atoms with E-state index >= 15 is 0 Å². The maximum atomic E-state index is 11.6. The minimum Gasteiger partial charge on any atom is -0.493 e. The summed E-state index contributed by atoms with van der Waals surface area (Å²) in [5.74, 6) is 1.23. The van der Waals surface area contributed by atoms with Gasteiger partial charge in [0.05, 0.1) is 6.61 Å². The smallest absolute Gasteiger partial charge is 0.407 e. The van der Waals surface area contributed by atoms with Crippen molar-refractivity contribution in [3.63, 3.8) is 0 Å². The molecule has 1 heterocycles. The Labute approximate surface area is 153 Å². The minimum atomic E-state index is -0.802. The fourth-order valence-electron chi connectivity index (χ4n) is 3.83. The fourth-order valence-corrected chi connectivity index (χ4v) is 4.18. The van der Waals surface area contributed by atoms with Crippen molar-refractivity contribution in [3.05, 3.63) is 28.2 Å². The molecule has 4 nitrogen and oxygen atoms in total. The van der Waals surface area contributed by atoms with Crippen LogP contribution in [0.3, 0.4) is 0 Å². The molecule has 0 saturated carbocycles. The van der Waals surface area contributed by atoms with Gasteiger partial charge in [-0.1, -0.05) is 42.8 Å². The van der Waals surface area contributed by atoms with Crippen molar-refractivity contribution in [1.82, 2.24) is 4.90 Å². The molecule has 2 atom stereocenters. The van der Waals surface area contributed by atoms with Gasteiger partial charge in [-0.15, -0.1) is 0 Å². The molecule has 0 radical (unpaired) electrons. The van der Waals surface area contributed by atoms with Crippen molar-refractivity contribution in [2.24, 2.45) is 11.3 Å². The van der Waals surface area contributed by atoms with Crippen LogP contribution >= 0.6 is 15.9 Å². The summed E-state index contributed by atoms with van der Waals surface area (Å²) in [4.78, 5) is 13.3. The van der Waals surface area contributed by atoms with E-state index in [1.807, 2.05) is 25.1 Å². The van der Waals surface area contributed by atoms with Crippen molar-refractivity contribution in [1.29, 1.82) is 0 Å². The molecule has 24 heavy (non-hydrogen) atoms. The van der Waals surface area contributed by atoms with E-state index in [9.17, 15) is 9.90 Å². The highest BCUT2D eigenvalue weighted by Gasteiger charge is 2.41. The number of carboxylic acid groups (broad SMARTS) is 1. The normalized spacial score (nSPS) is 21.6. The number of hydrogen-bond acceptors (Lipinski definition) is 2. The molecular formula is C19H28BrNO3. The number of ether oxygens (including phenoxy) is 1. The molecule has 1 aromatic carbocycles. The molecule has 1 aromatic rings. The van der Waals surface area contributed by atoms with E-state index in [1.165, 1.54) is 0 Å². The number of piperidine rings is 1. The van der Waals surface area contributed by atoms with Crippen LogP contribution in [0.2, 0.25) is 0 Å². The van der Waals surface area contributed by atoms with Crippen LogP contribution in [0.1, 0.15) is 45.6 Å². The molecule has 1 saturated heterocycles. The molecule has 0 aromatic heterocycles. The SMILES string of the molecule is Cc1c(Br)cccc1OCCC1CCCN(C(=O)O)[C@H]1C(C)(C)C. The molecule has 1 amide bonds. The first-order valence-electron chi connectivity index (χ1n) is 8.59. The van der Waals surface area contributed by atoms with Gasteiger partial charge in [0.25, 0.3) is 0 Å². The lowest BCUT2D eigenvalue weighted by Gasteiger charge is -2.47.